The number of halogens is 2. The van der Waals surface area contributed by atoms with Crippen LogP contribution < -0.4 is 27.0 Å². The highest BCUT2D eigenvalue weighted by Crippen LogP contribution is 2.59. The molecule has 1 aromatic heterocycles. The molecule has 0 bridgehead atoms. The minimum atomic E-state index is -5.88. The number of fused-ring (bicyclic) bond motifs is 3. The number of hydrogen-bond donors (Lipinski definition) is 7. The number of likely N-dealkylation sites (tertiary alicyclic amines) is 1. The number of nitrogens with zero attached hydrogens (tertiary/aromatic N) is 4. The van der Waals surface area contributed by atoms with Gasteiger partial charge in [0.1, 0.15) is 30.2 Å². The molecule has 0 aliphatic carbocycles. The summed E-state index contributed by atoms with van der Waals surface area (Å²) in [5, 5.41) is 11.0. The van der Waals surface area contributed by atoms with E-state index in [9.17, 15) is 66.3 Å². The van der Waals surface area contributed by atoms with Crippen LogP contribution in [-0.4, -0.2) is 152 Å². The molecule has 5 aliphatic heterocycles. The molecule has 0 saturated carbocycles. The number of carbonyl (C=O) groups excluding carboxylic acids is 9. The highest BCUT2D eigenvalue weighted by atomic mass is 32.1. The van der Waals surface area contributed by atoms with Crippen LogP contribution in [0.15, 0.2) is 66.7 Å². The van der Waals surface area contributed by atoms with Crippen molar-refractivity contribution >= 4 is 82.2 Å². The second kappa shape index (κ2) is 26.5. The van der Waals surface area contributed by atoms with Crippen molar-refractivity contribution in [2.24, 2.45) is 11.7 Å². The number of hydrogen-bond acceptors (Lipinski definition) is 12. The number of carbonyl (C=O) groups is 9. The summed E-state index contributed by atoms with van der Waals surface area (Å²) < 4.78 is 41.3. The van der Waals surface area contributed by atoms with Gasteiger partial charge in [0.15, 0.2) is 0 Å². The summed E-state index contributed by atoms with van der Waals surface area (Å²) in [7, 11) is -5.88. The molecule has 4 fully saturated rings. The van der Waals surface area contributed by atoms with Crippen molar-refractivity contribution in [1.29, 1.82) is 0 Å². The molecule has 4 saturated heterocycles. The van der Waals surface area contributed by atoms with Crippen LogP contribution in [0, 0.1) is 17.8 Å². The monoisotopic (exact) mass is 1240 g/mol. The summed E-state index contributed by atoms with van der Waals surface area (Å²) in [5.74, 6) is 1.84. The van der Waals surface area contributed by atoms with Crippen molar-refractivity contribution in [1.82, 2.24) is 40.9 Å². The average molecular weight is 1240 g/mol. The summed E-state index contributed by atoms with van der Waals surface area (Å²) in [6.07, 6.45) is 3.73. The van der Waals surface area contributed by atoms with Gasteiger partial charge in [-0.2, -0.15) is 8.78 Å². The summed E-state index contributed by atoms with van der Waals surface area (Å²) in [6.45, 7) is 10.2. The standard InChI is InChI=1S/C62H74F2N9O12PS/c1-5-70-28-27-42-18-20-49(73(42)60(82)47(35-70)68-57(79)51-33-39-32-41(17-22-50(39)87-51)62(63,64)86(83,84)85)56(78)66-45(19-23-52(65)74)54(76)67-46(31-37-13-15-40(16-14-37)61(2,3)4)59(81)71-29-25-36(26-30-71)9-6-7-10-38-11-8-12-43-44(38)34-72(58(43)80)48-21-24-53(75)69-55(48)77/h8,11-17,22,32-33,36,42,45-49H,5-6,9,18-21,23-31,34-35H2,1-4H3,(H2,65,74)(H,66,78)(H,67,76)(H,68,79)(H,69,75,77)(H2,83,84,85)/t42-,45+,46+,47+,48?,49+/m1/s1. The second-order valence-corrected chi connectivity index (χ2v) is 27.0. The number of rotatable bonds is 18. The number of primary amides is 1. The van der Waals surface area contributed by atoms with Crippen molar-refractivity contribution in [2.45, 2.75) is 159 Å². The van der Waals surface area contributed by atoms with Crippen LogP contribution in [0.1, 0.15) is 146 Å². The Kier molecular flexibility index (Phi) is 19.5. The van der Waals surface area contributed by atoms with Gasteiger partial charge in [0.05, 0.1) is 4.88 Å². The maximum absolute atomic E-state index is 14.8. The van der Waals surface area contributed by atoms with E-state index < -0.39 is 90.5 Å². The molecule has 6 heterocycles. The number of imide groups is 1. The first-order valence-electron chi connectivity index (χ1n) is 29.6. The number of likely N-dealkylation sites (N-methyl/N-ethyl adjacent to an activating group) is 1. The lowest BCUT2D eigenvalue weighted by molar-refractivity contribution is -0.144. The smallest absolute Gasteiger partial charge is 0.370 e. The maximum atomic E-state index is 14.8. The van der Waals surface area contributed by atoms with E-state index in [1.807, 2.05) is 42.2 Å². The van der Waals surface area contributed by atoms with Crippen LogP contribution in [-0.2, 0) is 62.2 Å². The number of nitrogens with one attached hydrogen (secondary N) is 4. The van der Waals surface area contributed by atoms with Gasteiger partial charge in [-0.3, -0.25) is 53.0 Å². The molecule has 9 amide bonds. The Balaban J connectivity index is 0.865. The van der Waals surface area contributed by atoms with Gasteiger partial charge in [0.2, 0.25) is 41.4 Å². The lowest BCUT2D eigenvalue weighted by atomic mass is 9.86. The zero-order valence-corrected chi connectivity index (χ0v) is 50.8. The SMILES string of the molecule is CCN1CC[C@H]2CC[C@@H](C(=O)N[C@@H](CCC(N)=O)C(=O)N[C@@H](Cc3ccc(C(C)(C)C)cc3)C(=O)N3CCC(CCC#Cc4cccc5c4CN(C4CCC(=O)NC4=O)C5=O)CC3)N2C(=O)[C@@H](NC(=O)c2cc3cc(C(F)(F)P(=O)(O)O)ccc3s2)C1. The molecule has 21 nitrogen and oxygen atoms in total. The second-order valence-electron chi connectivity index (χ2n) is 24.3. The van der Waals surface area contributed by atoms with Crippen molar-refractivity contribution in [3.63, 3.8) is 0 Å². The number of piperidine rings is 2. The molecule has 0 radical (unpaired) electrons. The first kappa shape index (κ1) is 64.1. The predicted octanol–water partition coefficient (Wildman–Crippen LogP) is 4.92. The lowest BCUT2D eigenvalue weighted by Gasteiger charge is -2.38. The third kappa shape index (κ3) is 14.6. The minimum absolute atomic E-state index is 0.0360. The van der Waals surface area contributed by atoms with E-state index in [2.05, 4.69) is 53.9 Å². The van der Waals surface area contributed by atoms with E-state index in [1.54, 1.807) is 17.0 Å². The zero-order chi connectivity index (χ0) is 62.7. The number of benzene rings is 3. The first-order chi connectivity index (χ1) is 41.2. The van der Waals surface area contributed by atoms with Gasteiger partial charge in [-0.25, -0.2) is 0 Å². The van der Waals surface area contributed by atoms with E-state index in [-0.39, 0.29) is 90.9 Å². The van der Waals surface area contributed by atoms with Crippen LogP contribution in [0.25, 0.3) is 10.1 Å². The molecule has 464 valence electrons. The van der Waals surface area contributed by atoms with E-state index in [0.717, 1.165) is 46.6 Å². The van der Waals surface area contributed by atoms with Crippen molar-refractivity contribution in [2.75, 3.05) is 32.7 Å². The number of nitrogens with two attached hydrogens (primary N) is 1. The lowest BCUT2D eigenvalue weighted by Crippen LogP contribution is -2.62. The summed E-state index contributed by atoms with van der Waals surface area (Å²) in [4.78, 5) is 148. The van der Waals surface area contributed by atoms with E-state index in [0.29, 0.717) is 74.1 Å². The van der Waals surface area contributed by atoms with Gasteiger partial charge in [0, 0.05) is 85.8 Å². The molecule has 25 heteroatoms. The van der Waals surface area contributed by atoms with E-state index >= 15 is 0 Å². The van der Waals surface area contributed by atoms with Crippen molar-refractivity contribution < 1.29 is 66.3 Å². The normalized spacial score (nSPS) is 21.2. The Hall–Kier alpha value is -7.42. The molecular formula is C62H74F2N9O12PS. The van der Waals surface area contributed by atoms with Crippen LogP contribution in [0.4, 0.5) is 8.78 Å². The molecule has 8 N–H and O–H groups in total. The molecular weight excluding hydrogens is 1160 g/mol. The molecule has 0 spiro atoms. The Morgan fingerprint density at radius 1 is 0.885 bits per heavy atom. The Labute approximate surface area is 507 Å². The first-order valence-corrected chi connectivity index (χ1v) is 32.0. The van der Waals surface area contributed by atoms with Gasteiger partial charge in [-0.15, -0.1) is 11.3 Å². The van der Waals surface area contributed by atoms with E-state index in [4.69, 9.17) is 5.73 Å². The molecule has 4 aromatic rings. The summed E-state index contributed by atoms with van der Waals surface area (Å²) in [6, 6.07) is 11.5. The largest absolute Gasteiger partial charge is 0.399 e. The van der Waals surface area contributed by atoms with Crippen molar-refractivity contribution in [3.05, 3.63) is 105 Å². The molecule has 1 unspecified atom stereocenters. The molecule has 6 atom stereocenters. The van der Waals surface area contributed by atoms with Gasteiger partial charge >= 0.3 is 13.3 Å². The third-order valence-electron chi connectivity index (χ3n) is 17.4. The fourth-order valence-corrected chi connectivity index (χ4v) is 13.7. The maximum Gasteiger partial charge on any atom is 0.399 e. The van der Waals surface area contributed by atoms with Crippen LogP contribution in [0.3, 0.4) is 0 Å². The van der Waals surface area contributed by atoms with Gasteiger partial charge in [-0.1, -0.05) is 75.9 Å². The number of thiophene rings is 1. The van der Waals surface area contributed by atoms with Crippen molar-refractivity contribution in [3.8, 4) is 11.8 Å². The Bertz CT molecular complexity index is 3480. The fraction of sp³-hybridized carbons (Fsp3) is 0.500. The van der Waals surface area contributed by atoms with Crippen LogP contribution in [0.5, 0.6) is 0 Å². The number of alkyl halides is 2. The van der Waals surface area contributed by atoms with Gasteiger partial charge in [-0.05, 0) is 122 Å². The molecule has 87 heavy (non-hydrogen) atoms. The predicted molar refractivity (Wildman–Crippen MR) is 318 cm³/mol. The average Bonchev–Trinajstić information content (AvgIpc) is 1.80. The van der Waals surface area contributed by atoms with Gasteiger partial charge < -0.3 is 51.1 Å². The zero-order valence-electron chi connectivity index (χ0n) is 49.1. The van der Waals surface area contributed by atoms with E-state index in [1.165, 1.54) is 21.9 Å². The number of amides is 9. The fourth-order valence-electron chi connectivity index (χ4n) is 12.3. The summed E-state index contributed by atoms with van der Waals surface area (Å²) >= 11 is 0.930. The highest BCUT2D eigenvalue weighted by Gasteiger charge is 2.51. The quantitative estimate of drug-likeness (QED) is 0.0396. The minimum Gasteiger partial charge on any atom is -0.370 e. The topological polar surface area (TPSA) is 298 Å². The van der Waals surface area contributed by atoms with Gasteiger partial charge in [0.25, 0.3) is 11.8 Å². The molecule has 9 rings (SSSR count). The van der Waals surface area contributed by atoms with Crippen LogP contribution >= 0.6 is 18.9 Å². The third-order valence-corrected chi connectivity index (χ3v) is 19.5. The molecule has 5 aliphatic rings. The summed E-state index contributed by atoms with van der Waals surface area (Å²) in [5.41, 5.74) is 3.79. The van der Waals surface area contributed by atoms with Crippen LogP contribution in [0.2, 0.25) is 0 Å². The highest BCUT2D eigenvalue weighted by molar-refractivity contribution is 7.52. The molecule has 3 aromatic carbocycles. The Morgan fingerprint density at radius 2 is 1.61 bits per heavy atom. The Morgan fingerprint density at radius 3 is 2.29 bits per heavy atom.